The zero-order valence-electron chi connectivity index (χ0n) is 11.6. The summed E-state index contributed by atoms with van der Waals surface area (Å²) in [5, 5.41) is 6.04. The summed E-state index contributed by atoms with van der Waals surface area (Å²) in [5.74, 6) is 0.841. The molecule has 1 aliphatic heterocycles. The van der Waals surface area contributed by atoms with E-state index in [1.807, 2.05) is 24.3 Å². The van der Waals surface area contributed by atoms with Gasteiger partial charge in [-0.15, -0.1) is 12.4 Å². The molecule has 0 aromatic heterocycles. The summed E-state index contributed by atoms with van der Waals surface area (Å²) < 4.78 is 10.4. The lowest BCUT2D eigenvalue weighted by Crippen LogP contribution is -2.51. The van der Waals surface area contributed by atoms with Gasteiger partial charge in [-0.2, -0.15) is 0 Å². The average Bonchev–Trinajstić information content (AvgIpc) is 2.48. The molecule has 1 amide bonds. The van der Waals surface area contributed by atoms with Crippen LogP contribution in [0.1, 0.15) is 5.56 Å². The van der Waals surface area contributed by atoms with Crippen molar-refractivity contribution in [2.45, 2.75) is 12.5 Å². The Hall–Kier alpha value is -1.30. The molecule has 5 nitrogen and oxygen atoms in total. The van der Waals surface area contributed by atoms with Gasteiger partial charge in [-0.25, -0.2) is 0 Å². The Morgan fingerprint density at radius 1 is 1.55 bits per heavy atom. The normalized spacial score (nSPS) is 17.9. The lowest BCUT2D eigenvalue weighted by Gasteiger charge is -2.22. The number of halogens is 1. The molecule has 0 radical (unpaired) electrons. The highest BCUT2D eigenvalue weighted by atomic mass is 35.5. The number of ether oxygens (including phenoxy) is 2. The van der Waals surface area contributed by atoms with Crippen LogP contribution in [0.4, 0.5) is 0 Å². The Labute approximate surface area is 125 Å². The molecule has 0 spiro atoms. The molecule has 0 saturated carbocycles. The first kappa shape index (κ1) is 16.8. The summed E-state index contributed by atoms with van der Waals surface area (Å²) in [6, 6.07) is 7.64. The van der Waals surface area contributed by atoms with Crippen LogP contribution in [0, 0.1) is 0 Å². The Kier molecular flexibility index (Phi) is 7.36. The molecule has 1 saturated heterocycles. The molecule has 1 aromatic carbocycles. The summed E-state index contributed by atoms with van der Waals surface area (Å²) in [5.41, 5.74) is 1.15. The van der Waals surface area contributed by atoms with Gasteiger partial charge in [-0.05, 0) is 24.1 Å². The predicted octanol–water partition coefficient (Wildman–Crippen LogP) is 0.764. The Morgan fingerprint density at radius 3 is 3.10 bits per heavy atom. The fraction of sp³-hybridized carbons (Fsp3) is 0.500. The summed E-state index contributed by atoms with van der Waals surface area (Å²) in [4.78, 5) is 11.8. The highest BCUT2D eigenvalue weighted by Gasteiger charge is 2.20. The van der Waals surface area contributed by atoms with E-state index in [9.17, 15) is 4.79 Å². The minimum Gasteiger partial charge on any atom is -0.497 e. The van der Waals surface area contributed by atoms with Crippen molar-refractivity contribution < 1.29 is 14.3 Å². The minimum atomic E-state index is -0.223. The first-order chi connectivity index (χ1) is 9.29. The molecule has 0 bridgehead atoms. The summed E-state index contributed by atoms with van der Waals surface area (Å²) >= 11 is 0. The monoisotopic (exact) mass is 300 g/mol. The fourth-order valence-electron chi connectivity index (χ4n) is 2.02. The van der Waals surface area contributed by atoms with Gasteiger partial charge >= 0.3 is 0 Å². The van der Waals surface area contributed by atoms with E-state index in [4.69, 9.17) is 9.47 Å². The lowest BCUT2D eigenvalue weighted by molar-refractivity contribution is -0.125. The molecule has 20 heavy (non-hydrogen) atoms. The van der Waals surface area contributed by atoms with E-state index in [0.717, 1.165) is 24.3 Å². The van der Waals surface area contributed by atoms with E-state index in [0.29, 0.717) is 19.8 Å². The van der Waals surface area contributed by atoms with Gasteiger partial charge in [-0.3, -0.25) is 4.79 Å². The van der Waals surface area contributed by atoms with Crippen LogP contribution in [-0.4, -0.2) is 45.4 Å². The fourth-order valence-corrected chi connectivity index (χ4v) is 2.02. The molecule has 6 heteroatoms. The number of nitrogens with one attached hydrogen (secondary N) is 2. The van der Waals surface area contributed by atoms with Gasteiger partial charge in [0.25, 0.3) is 0 Å². The van der Waals surface area contributed by atoms with Crippen LogP contribution in [0.25, 0.3) is 0 Å². The first-order valence-corrected chi connectivity index (χ1v) is 6.51. The molecule has 2 rings (SSSR count). The van der Waals surface area contributed by atoms with Gasteiger partial charge in [-0.1, -0.05) is 12.1 Å². The Balaban J connectivity index is 0.00000200. The third-order valence-electron chi connectivity index (χ3n) is 3.09. The van der Waals surface area contributed by atoms with Crippen LogP contribution in [-0.2, 0) is 16.0 Å². The van der Waals surface area contributed by atoms with E-state index in [-0.39, 0.29) is 24.4 Å². The number of benzene rings is 1. The number of rotatable bonds is 5. The van der Waals surface area contributed by atoms with Crippen molar-refractivity contribution in [3.8, 4) is 5.75 Å². The van der Waals surface area contributed by atoms with Gasteiger partial charge < -0.3 is 20.1 Å². The van der Waals surface area contributed by atoms with Gasteiger partial charge in [0.1, 0.15) is 11.8 Å². The SMILES string of the molecule is COc1cccc(CCNC(=O)C2COCCN2)c1.Cl. The zero-order valence-corrected chi connectivity index (χ0v) is 12.4. The number of hydrogen-bond donors (Lipinski definition) is 2. The molecular formula is C14H21ClN2O3. The van der Waals surface area contributed by atoms with E-state index >= 15 is 0 Å². The largest absolute Gasteiger partial charge is 0.497 e. The zero-order chi connectivity index (χ0) is 13.5. The molecule has 1 fully saturated rings. The minimum absolute atomic E-state index is 0. The van der Waals surface area contributed by atoms with Crippen LogP contribution < -0.4 is 15.4 Å². The number of carbonyl (C=O) groups is 1. The van der Waals surface area contributed by atoms with Crippen molar-refractivity contribution >= 4 is 18.3 Å². The van der Waals surface area contributed by atoms with Gasteiger partial charge in [0, 0.05) is 13.1 Å². The third kappa shape index (κ3) is 5.00. The third-order valence-corrected chi connectivity index (χ3v) is 3.09. The maximum absolute atomic E-state index is 11.8. The molecular weight excluding hydrogens is 280 g/mol. The van der Waals surface area contributed by atoms with Crippen molar-refractivity contribution in [3.05, 3.63) is 29.8 Å². The summed E-state index contributed by atoms with van der Waals surface area (Å²) in [7, 11) is 1.65. The standard InChI is InChI=1S/C14H20N2O3.ClH/c1-18-12-4-2-3-11(9-12)5-6-16-14(17)13-10-19-8-7-15-13;/h2-4,9,13,15H,5-8,10H2,1H3,(H,16,17);1H. The molecule has 112 valence electrons. The van der Waals surface area contributed by atoms with E-state index in [1.165, 1.54) is 0 Å². The number of methoxy groups -OCH3 is 1. The van der Waals surface area contributed by atoms with Gasteiger partial charge in [0.05, 0.1) is 20.3 Å². The number of carbonyl (C=O) groups excluding carboxylic acids is 1. The number of amides is 1. The quantitative estimate of drug-likeness (QED) is 0.843. The Bertz CT molecular complexity index is 423. The second kappa shape index (κ2) is 8.79. The molecule has 1 heterocycles. The first-order valence-electron chi connectivity index (χ1n) is 6.51. The molecule has 1 atom stereocenters. The van der Waals surface area contributed by atoms with Gasteiger partial charge in [0.15, 0.2) is 0 Å². The van der Waals surface area contributed by atoms with E-state index in [1.54, 1.807) is 7.11 Å². The molecule has 1 aliphatic rings. The van der Waals surface area contributed by atoms with Crippen molar-refractivity contribution in [2.24, 2.45) is 0 Å². The van der Waals surface area contributed by atoms with Crippen molar-refractivity contribution in [3.63, 3.8) is 0 Å². The van der Waals surface area contributed by atoms with Gasteiger partial charge in [0.2, 0.25) is 5.91 Å². The number of hydrogen-bond acceptors (Lipinski definition) is 4. The molecule has 2 N–H and O–H groups in total. The van der Waals surface area contributed by atoms with Crippen LogP contribution in [0.2, 0.25) is 0 Å². The summed E-state index contributed by atoms with van der Waals surface area (Å²) in [6.45, 7) is 2.47. The average molecular weight is 301 g/mol. The Morgan fingerprint density at radius 2 is 2.40 bits per heavy atom. The second-order valence-corrected chi connectivity index (χ2v) is 4.47. The van der Waals surface area contributed by atoms with Crippen molar-refractivity contribution in [1.29, 1.82) is 0 Å². The van der Waals surface area contributed by atoms with Crippen LogP contribution in [0.5, 0.6) is 5.75 Å². The van der Waals surface area contributed by atoms with Crippen LogP contribution >= 0.6 is 12.4 Å². The maximum Gasteiger partial charge on any atom is 0.239 e. The van der Waals surface area contributed by atoms with Crippen molar-refractivity contribution in [2.75, 3.05) is 33.4 Å². The lowest BCUT2D eigenvalue weighted by atomic mass is 10.1. The van der Waals surface area contributed by atoms with Crippen molar-refractivity contribution in [1.82, 2.24) is 10.6 Å². The molecule has 0 aliphatic carbocycles. The van der Waals surface area contributed by atoms with Crippen LogP contribution in [0.15, 0.2) is 24.3 Å². The second-order valence-electron chi connectivity index (χ2n) is 4.47. The van der Waals surface area contributed by atoms with E-state index in [2.05, 4.69) is 10.6 Å². The van der Waals surface area contributed by atoms with Crippen LogP contribution in [0.3, 0.4) is 0 Å². The summed E-state index contributed by atoms with van der Waals surface area (Å²) in [6.07, 6.45) is 0.788. The smallest absolute Gasteiger partial charge is 0.239 e. The maximum atomic E-state index is 11.8. The van der Waals surface area contributed by atoms with E-state index < -0.39 is 0 Å². The highest BCUT2D eigenvalue weighted by Crippen LogP contribution is 2.12. The highest BCUT2D eigenvalue weighted by molar-refractivity contribution is 5.85. The molecule has 1 aromatic rings. The predicted molar refractivity (Wildman–Crippen MR) is 79.6 cm³/mol. The molecule has 1 unspecified atom stereocenters. The topological polar surface area (TPSA) is 59.6 Å². The number of morpholine rings is 1.